The lowest BCUT2D eigenvalue weighted by Gasteiger charge is -2.15. The quantitative estimate of drug-likeness (QED) is 0.729. The molecule has 2 aromatic heterocycles. The van der Waals surface area contributed by atoms with Gasteiger partial charge in [-0.2, -0.15) is 5.10 Å². The smallest absolute Gasteiger partial charge is 0.274 e. The minimum atomic E-state index is -0.427. The highest BCUT2D eigenvalue weighted by molar-refractivity contribution is 7.10. The molecule has 1 N–H and O–H groups in total. The number of aryl methyl sites for hydroxylation is 1. The van der Waals surface area contributed by atoms with Gasteiger partial charge >= 0.3 is 0 Å². The molecule has 3 aromatic rings. The van der Waals surface area contributed by atoms with Crippen LogP contribution in [0.3, 0.4) is 0 Å². The summed E-state index contributed by atoms with van der Waals surface area (Å²) in [5, 5.41) is 8.81. The van der Waals surface area contributed by atoms with Crippen LogP contribution < -0.4 is 4.74 Å². The van der Waals surface area contributed by atoms with Crippen LogP contribution in [0.15, 0.2) is 41.8 Å². The number of aromatic nitrogens is 2. The first-order chi connectivity index (χ1) is 12.0. The molecule has 0 atom stereocenters. The van der Waals surface area contributed by atoms with Gasteiger partial charge in [-0.3, -0.25) is 9.89 Å². The Hall–Kier alpha value is -2.67. The van der Waals surface area contributed by atoms with Gasteiger partial charge in [0.25, 0.3) is 5.91 Å². The number of hydrogen-bond donors (Lipinski definition) is 1. The van der Waals surface area contributed by atoms with Gasteiger partial charge in [0.15, 0.2) is 17.3 Å². The highest BCUT2D eigenvalue weighted by Gasteiger charge is 2.17. The van der Waals surface area contributed by atoms with E-state index in [9.17, 15) is 9.18 Å². The molecular weight excluding hydrogens is 341 g/mol. The van der Waals surface area contributed by atoms with E-state index in [1.807, 2.05) is 18.4 Å². The molecule has 0 unspecified atom stereocenters. The number of aromatic amines is 1. The van der Waals surface area contributed by atoms with Gasteiger partial charge in [-0.05, 0) is 42.1 Å². The molecule has 0 radical (unpaired) electrons. The first-order valence-electron chi connectivity index (χ1n) is 7.74. The number of nitrogens with one attached hydrogen (secondary N) is 1. The van der Waals surface area contributed by atoms with Crippen LogP contribution in [0.2, 0.25) is 0 Å². The Morgan fingerprint density at radius 1 is 1.36 bits per heavy atom. The third-order valence-corrected chi connectivity index (χ3v) is 4.77. The molecule has 5 nitrogen and oxygen atoms in total. The number of rotatable bonds is 6. The number of carbonyl (C=O) groups is 1. The molecule has 130 valence electrons. The van der Waals surface area contributed by atoms with Gasteiger partial charge in [-0.15, -0.1) is 11.3 Å². The van der Waals surface area contributed by atoms with E-state index in [0.29, 0.717) is 17.9 Å². The zero-order valence-electron chi connectivity index (χ0n) is 14.0. The van der Waals surface area contributed by atoms with Gasteiger partial charge in [0.1, 0.15) is 6.61 Å². The molecular formula is C18H18FN3O2S. The minimum absolute atomic E-state index is 0.106. The van der Waals surface area contributed by atoms with Crippen LogP contribution in [0.4, 0.5) is 4.39 Å². The summed E-state index contributed by atoms with van der Waals surface area (Å²) >= 11 is 1.63. The average Bonchev–Trinajstić information content (AvgIpc) is 3.23. The lowest BCUT2D eigenvalue weighted by molar-refractivity contribution is 0.0780. The van der Waals surface area contributed by atoms with E-state index >= 15 is 0 Å². The molecule has 0 saturated heterocycles. The molecule has 1 aromatic carbocycles. The highest BCUT2D eigenvalue weighted by Crippen LogP contribution is 2.19. The summed E-state index contributed by atoms with van der Waals surface area (Å²) in [4.78, 5) is 15.2. The van der Waals surface area contributed by atoms with Crippen molar-refractivity contribution in [3.05, 3.63) is 69.4 Å². The molecule has 1 amide bonds. The van der Waals surface area contributed by atoms with E-state index in [4.69, 9.17) is 4.74 Å². The number of nitrogens with zero attached hydrogens (tertiary/aromatic N) is 2. The van der Waals surface area contributed by atoms with Crippen molar-refractivity contribution < 1.29 is 13.9 Å². The predicted octanol–water partition coefficient (Wildman–Crippen LogP) is 3.77. The molecule has 2 heterocycles. The molecule has 25 heavy (non-hydrogen) atoms. The minimum Gasteiger partial charge on any atom is -0.484 e. The van der Waals surface area contributed by atoms with Gasteiger partial charge in [0.05, 0.1) is 12.2 Å². The molecule has 0 aliphatic heterocycles. The van der Waals surface area contributed by atoms with Gasteiger partial charge in [-0.1, -0.05) is 12.1 Å². The van der Waals surface area contributed by atoms with Crippen LogP contribution in [-0.2, 0) is 13.2 Å². The molecule has 0 aliphatic rings. The fraction of sp³-hybridized carbons (Fsp3) is 0.222. The first kappa shape index (κ1) is 17.2. The number of amides is 1. The second-order valence-electron chi connectivity index (χ2n) is 5.69. The molecule has 7 heteroatoms. The Bertz CT molecular complexity index is 875. The Morgan fingerprint density at radius 2 is 2.16 bits per heavy atom. The maximum absolute atomic E-state index is 13.5. The zero-order valence-corrected chi connectivity index (χ0v) is 14.8. The van der Waals surface area contributed by atoms with Gasteiger partial charge in [0, 0.05) is 11.9 Å². The first-order valence-corrected chi connectivity index (χ1v) is 8.62. The van der Waals surface area contributed by atoms with E-state index < -0.39 is 5.82 Å². The maximum atomic E-state index is 13.5. The van der Waals surface area contributed by atoms with Crippen LogP contribution in [0, 0.1) is 12.7 Å². The van der Waals surface area contributed by atoms with Gasteiger partial charge in [-0.25, -0.2) is 4.39 Å². The number of para-hydroxylation sites is 1. The number of carbonyl (C=O) groups excluding carboxylic acids is 1. The number of ether oxygens (including phenoxy) is 1. The summed E-state index contributed by atoms with van der Waals surface area (Å²) in [6.45, 7) is 2.67. The van der Waals surface area contributed by atoms with E-state index in [0.717, 1.165) is 4.88 Å². The molecule has 0 saturated carbocycles. The Morgan fingerprint density at radius 3 is 2.88 bits per heavy atom. The van der Waals surface area contributed by atoms with Crippen molar-refractivity contribution in [2.45, 2.75) is 20.1 Å². The molecule has 0 aliphatic carbocycles. The van der Waals surface area contributed by atoms with Crippen molar-refractivity contribution in [1.82, 2.24) is 15.1 Å². The SMILES string of the molecule is Cc1ccsc1CN(C)C(=O)c1cc(COc2ccccc2F)[nH]n1. The number of H-pyrrole nitrogens is 1. The zero-order chi connectivity index (χ0) is 17.8. The van der Waals surface area contributed by atoms with Crippen LogP contribution in [-0.4, -0.2) is 28.1 Å². The average molecular weight is 359 g/mol. The summed E-state index contributed by atoms with van der Waals surface area (Å²) in [6, 6.07) is 9.84. The van der Waals surface area contributed by atoms with Crippen molar-refractivity contribution in [3.8, 4) is 5.75 Å². The van der Waals surface area contributed by atoms with Crippen LogP contribution in [0.5, 0.6) is 5.75 Å². The van der Waals surface area contributed by atoms with Crippen LogP contribution in [0.25, 0.3) is 0 Å². The third-order valence-electron chi connectivity index (χ3n) is 3.77. The Labute approximate surface area is 149 Å². The highest BCUT2D eigenvalue weighted by atomic mass is 32.1. The second-order valence-corrected chi connectivity index (χ2v) is 6.69. The van der Waals surface area contributed by atoms with Crippen LogP contribution >= 0.6 is 11.3 Å². The molecule has 0 bridgehead atoms. The maximum Gasteiger partial charge on any atom is 0.274 e. The lowest BCUT2D eigenvalue weighted by Crippen LogP contribution is -2.26. The predicted molar refractivity (Wildman–Crippen MR) is 94.2 cm³/mol. The number of halogens is 1. The van der Waals surface area contributed by atoms with Crippen molar-refractivity contribution in [3.63, 3.8) is 0 Å². The molecule has 0 spiro atoms. The lowest BCUT2D eigenvalue weighted by atomic mass is 10.2. The van der Waals surface area contributed by atoms with Crippen molar-refractivity contribution in [2.24, 2.45) is 0 Å². The number of thiophene rings is 1. The summed E-state index contributed by atoms with van der Waals surface area (Å²) in [5.41, 5.74) is 2.09. The van der Waals surface area contributed by atoms with Gasteiger partial charge < -0.3 is 9.64 Å². The number of benzene rings is 1. The van der Waals surface area contributed by atoms with E-state index in [1.54, 1.807) is 47.5 Å². The second kappa shape index (κ2) is 7.48. The fourth-order valence-corrected chi connectivity index (χ4v) is 3.27. The summed E-state index contributed by atoms with van der Waals surface area (Å²) in [7, 11) is 1.74. The Kier molecular flexibility index (Phi) is 5.14. The monoisotopic (exact) mass is 359 g/mol. The van der Waals surface area contributed by atoms with E-state index in [2.05, 4.69) is 10.2 Å². The van der Waals surface area contributed by atoms with E-state index in [-0.39, 0.29) is 18.3 Å². The topological polar surface area (TPSA) is 58.2 Å². The molecule has 0 fully saturated rings. The van der Waals surface area contributed by atoms with Crippen molar-refractivity contribution >= 4 is 17.2 Å². The van der Waals surface area contributed by atoms with Crippen molar-refractivity contribution in [1.29, 1.82) is 0 Å². The largest absolute Gasteiger partial charge is 0.484 e. The fourth-order valence-electron chi connectivity index (χ4n) is 2.31. The molecule has 3 rings (SSSR count). The standard InChI is InChI=1S/C18H18FN3O2S/c1-12-7-8-25-17(12)10-22(2)18(23)15-9-13(20-21-15)11-24-16-6-4-3-5-14(16)19/h3-9H,10-11H2,1-2H3,(H,20,21). The van der Waals surface area contributed by atoms with Gasteiger partial charge in [0.2, 0.25) is 0 Å². The normalized spacial score (nSPS) is 10.7. The number of hydrogen-bond acceptors (Lipinski definition) is 4. The van der Waals surface area contributed by atoms with E-state index in [1.165, 1.54) is 11.6 Å². The van der Waals surface area contributed by atoms with Crippen LogP contribution in [0.1, 0.15) is 26.6 Å². The summed E-state index contributed by atoms with van der Waals surface area (Å²) in [6.07, 6.45) is 0. The van der Waals surface area contributed by atoms with Crippen molar-refractivity contribution in [2.75, 3.05) is 7.05 Å². The summed E-state index contributed by atoms with van der Waals surface area (Å²) < 4.78 is 18.9. The third kappa shape index (κ3) is 4.06. The summed E-state index contributed by atoms with van der Waals surface area (Å²) in [5.74, 6) is -0.444. The Balaban J connectivity index is 1.61.